The van der Waals surface area contributed by atoms with Crippen molar-refractivity contribution in [3.05, 3.63) is 136 Å². The molecule has 0 radical (unpaired) electrons. The molecule has 2 saturated heterocycles. The summed E-state index contributed by atoms with van der Waals surface area (Å²) < 4.78 is 83.2. The average Bonchev–Trinajstić information content (AvgIpc) is 3.51. The minimum absolute atomic E-state index is 0.0835. The van der Waals surface area contributed by atoms with Crippen LogP contribution in [0.2, 0.25) is 5.02 Å². The number of hydrogen-bond donors (Lipinski definition) is 1. The predicted octanol–water partition coefficient (Wildman–Crippen LogP) is 8.45. The molecule has 54 heavy (non-hydrogen) atoms. The zero-order valence-electron chi connectivity index (χ0n) is 27.7. The Hall–Kier alpha value is -5.43. The van der Waals surface area contributed by atoms with E-state index in [1.165, 1.54) is 18.2 Å². The molecule has 276 valence electrons. The van der Waals surface area contributed by atoms with Crippen molar-refractivity contribution >= 4 is 46.6 Å². The monoisotopic (exact) mass is 764 g/mol. The fourth-order valence-corrected chi connectivity index (χ4v) is 9.33. The van der Waals surface area contributed by atoms with E-state index in [1.54, 1.807) is 66.7 Å². The maximum absolute atomic E-state index is 15.2. The molecule has 4 aliphatic rings. The third-order valence-electron chi connectivity index (χ3n) is 11.2. The van der Waals surface area contributed by atoms with Crippen molar-refractivity contribution in [2.24, 2.45) is 23.7 Å². The van der Waals surface area contributed by atoms with Gasteiger partial charge in [-0.3, -0.25) is 19.2 Å². The highest BCUT2D eigenvalue weighted by molar-refractivity contribution is 6.32. The molecule has 4 aromatic carbocycles. The number of benzene rings is 4. The van der Waals surface area contributed by atoms with Gasteiger partial charge in [-0.25, -0.2) is 9.80 Å². The molecule has 0 spiro atoms. The number of amides is 4. The Morgan fingerprint density at radius 2 is 1.35 bits per heavy atom. The number of aromatic hydroxyl groups is 1. The summed E-state index contributed by atoms with van der Waals surface area (Å²) in [6, 6.07) is 21.4. The summed E-state index contributed by atoms with van der Waals surface area (Å²) in [5.74, 6) is -8.99. The topological polar surface area (TPSA) is 95.0 Å². The molecule has 14 heteroatoms. The molecule has 6 unspecified atom stereocenters. The number of carbonyl (C=O) groups excluding carboxylic acids is 4. The Labute approximate surface area is 308 Å². The number of anilines is 2. The lowest BCUT2D eigenvalue weighted by Gasteiger charge is -2.50. The maximum Gasteiger partial charge on any atom is 0.416 e. The quantitative estimate of drug-likeness (QED) is 0.128. The molecule has 4 amide bonds. The summed E-state index contributed by atoms with van der Waals surface area (Å²) >= 11 is 6.30. The van der Waals surface area contributed by atoms with Crippen molar-refractivity contribution in [3.8, 4) is 5.75 Å². The van der Waals surface area contributed by atoms with E-state index in [0.717, 1.165) is 4.90 Å². The zero-order chi connectivity index (χ0) is 38.5. The van der Waals surface area contributed by atoms with Crippen LogP contribution in [-0.4, -0.2) is 28.7 Å². The van der Waals surface area contributed by atoms with Crippen LogP contribution < -0.4 is 9.80 Å². The number of phenolic OH excluding ortho intramolecular Hbond substituents is 1. The molecule has 8 rings (SSSR count). The van der Waals surface area contributed by atoms with Crippen LogP contribution in [0.5, 0.6) is 5.75 Å². The molecule has 1 saturated carbocycles. The second kappa shape index (κ2) is 12.3. The highest BCUT2D eigenvalue weighted by atomic mass is 35.5. The molecule has 3 fully saturated rings. The average molecular weight is 765 g/mol. The highest BCUT2D eigenvalue weighted by Crippen LogP contribution is 2.64. The van der Waals surface area contributed by atoms with Crippen molar-refractivity contribution in [1.82, 2.24) is 0 Å². The fourth-order valence-electron chi connectivity index (χ4n) is 9.15. The van der Waals surface area contributed by atoms with Crippen molar-refractivity contribution in [3.63, 3.8) is 0 Å². The molecule has 2 aliphatic heterocycles. The van der Waals surface area contributed by atoms with Gasteiger partial charge in [0.05, 0.1) is 45.7 Å². The number of hydrogen-bond acceptors (Lipinski definition) is 5. The number of alkyl halides is 6. The van der Waals surface area contributed by atoms with Crippen LogP contribution in [0.3, 0.4) is 0 Å². The zero-order valence-corrected chi connectivity index (χ0v) is 28.5. The van der Waals surface area contributed by atoms with Gasteiger partial charge in [-0.15, -0.1) is 0 Å². The number of nitrogens with zero attached hydrogens (tertiary/aromatic N) is 2. The number of rotatable bonds is 4. The standard InChI is InChI=1S/C40H27ClF6N2O5/c41-24-9-5-10-25(18-24)49-35(52)31-19-30-28(33(20-6-4-11-27(50)14-20)38(31,37(49)54)21-7-2-1-3-8-21)12-13-29-32(30)36(53)48(34(29)51)26-16-22(39(42,43)44)15-23(17-26)40(45,46)47/h1-12,14-18,29-33,50H,13,19H2. The first kappa shape index (κ1) is 35.6. The third-order valence-corrected chi connectivity index (χ3v) is 11.4. The van der Waals surface area contributed by atoms with Gasteiger partial charge in [0.15, 0.2) is 0 Å². The largest absolute Gasteiger partial charge is 0.508 e. The van der Waals surface area contributed by atoms with Gasteiger partial charge in [0.25, 0.3) is 0 Å². The second-order valence-electron chi connectivity index (χ2n) is 14.0. The summed E-state index contributed by atoms with van der Waals surface area (Å²) in [5, 5.41) is 10.9. The summed E-state index contributed by atoms with van der Waals surface area (Å²) in [6.07, 6.45) is -9.07. The Morgan fingerprint density at radius 1 is 0.685 bits per heavy atom. The van der Waals surface area contributed by atoms with E-state index in [4.69, 9.17) is 11.6 Å². The molecule has 4 aromatic rings. The first-order chi connectivity index (χ1) is 25.5. The molecule has 2 aliphatic carbocycles. The molecular formula is C40H27ClF6N2O5. The van der Waals surface area contributed by atoms with E-state index in [-0.39, 0.29) is 35.4 Å². The number of allylic oxidation sites excluding steroid dienone is 2. The van der Waals surface area contributed by atoms with Crippen LogP contribution in [0.15, 0.2) is 109 Å². The van der Waals surface area contributed by atoms with E-state index in [2.05, 4.69) is 0 Å². The third kappa shape index (κ3) is 5.26. The minimum Gasteiger partial charge on any atom is -0.508 e. The van der Waals surface area contributed by atoms with Crippen molar-refractivity contribution in [2.75, 3.05) is 9.80 Å². The maximum atomic E-state index is 15.2. The predicted molar refractivity (Wildman–Crippen MR) is 183 cm³/mol. The number of halogens is 7. The van der Waals surface area contributed by atoms with Gasteiger partial charge in [-0.05, 0) is 78.4 Å². The molecular weight excluding hydrogens is 738 g/mol. The number of imide groups is 2. The van der Waals surface area contributed by atoms with Crippen LogP contribution in [0.25, 0.3) is 0 Å². The Morgan fingerprint density at radius 3 is 1.98 bits per heavy atom. The van der Waals surface area contributed by atoms with Crippen molar-refractivity contribution in [1.29, 1.82) is 0 Å². The summed E-state index contributed by atoms with van der Waals surface area (Å²) in [5.41, 5.74) is -4.35. The van der Waals surface area contributed by atoms with Crippen molar-refractivity contribution in [2.45, 2.75) is 36.5 Å². The lowest BCUT2D eigenvalue weighted by Crippen LogP contribution is -2.53. The number of carbonyl (C=O) groups is 4. The van der Waals surface area contributed by atoms with Crippen LogP contribution in [-0.2, 0) is 36.9 Å². The second-order valence-corrected chi connectivity index (χ2v) is 14.4. The van der Waals surface area contributed by atoms with Gasteiger partial charge in [-0.2, -0.15) is 26.3 Å². The SMILES string of the molecule is O=C1C2CC=C3C(CC4C(=O)N(c5cccc(Cl)c5)C(=O)C4(c4ccccc4)C3c3cccc(O)c3)C2C(=O)N1c1cc(C(F)(F)F)cc(C(F)(F)F)c1. The Kier molecular flexibility index (Phi) is 8.11. The fraction of sp³-hybridized carbons (Fsp3) is 0.250. The van der Waals surface area contributed by atoms with Crippen LogP contribution in [0, 0.1) is 23.7 Å². The van der Waals surface area contributed by atoms with E-state index in [0.29, 0.717) is 33.7 Å². The van der Waals surface area contributed by atoms with E-state index >= 15 is 4.79 Å². The minimum atomic E-state index is -5.23. The van der Waals surface area contributed by atoms with Gasteiger partial charge in [0.1, 0.15) is 5.75 Å². The lowest BCUT2D eigenvalue weighted by atomic mass is 9.49. The van der Waals surface area contributed by atoms with Gasteiger partial charge in [0.2, 0.25) is 23.6 Å². The highest BCUT2D eigenvalue weighted by Gasteiger charge is 2.70. The van der Waals surface area contributed by atoms with Gasteiger partial charge in [-0.1, -0.05) is 71.8 Å². The Balaban J connectivity index is 1.32. The smallest absolute Gasteiger partial charge is 0.416 e. The van der Waals surface area contributed by atoms with Crippen molar-refractivity contribution < 1.29 is 50.6 Å². The first-order valence-electron chi connectivity index (χ1n) is 16.9. The summed E-state index contributed by atoms with van der Waals surface area (Å²) in [6.45, 7) is 0. The Bertz CT molecular complexity index is 2260. The van der Waals surface area contributed by atoms with Gasteiger partial charge >= 0.3 is 12.4 Å². The van der Waals surface area contributed by atoms with E-state index < -0.39 is 87.8 Å². The van der Waals surface area contributed by atoms with Gasteiger partial charge in [0, 0.05) is 10.9 Å². The molecule has 2 heterocycles. The van der Waals surface area contributed by atoms with Crippen LogP contribution in [0.4, 0.5) is 37.7 Å². The summed E-state index contributed by atoms with van der Waals surface area (Å²) in [7, 11) is 0. The molecule has 0 aromatic heterocycles. The molecule has 7 nitrogen and oxygen atoms in total. The number of fused-ring (bicyclic) bond motifs is 4. The first-order valence-corrected chi connectivity index (χ1v) is 17.3. The molecule has 0 bridgehead atoms. The van der Waals surface area contributed by atoms with Gasteiger partial charge < -0.3 is 5.11 Å². The number of phenols is 1. The summed E-state index contributed by atoms with van der Waals surface area (Å²) in [4.78, 5) is 59.8. The normalized spacial score (nSPS) is 26.8. The lowest BCUT2D eigenvalue weighted by molar-refractivity contribution is -0.143. The van der Waals surface area contributed by atoms with E-state index in [1.807, 2.05) is 0 Å². The molecule has 6 atom stereocenters. The molecule has 1 N–H and O–H groups in total. The van der Waals surface area contributed by atoms with Crippen LogP contribution in [0.1, 0.15) is 41.0 Å². The van der Waals surface area contributed by atoms with Crippen LogP contribution >= 0.6 is 11.6 Å². The van der Waals surface area contributed by atoms with E-state index in [9.17, 15) is 45.8 Å².